The van der Waals surface area contributed by atoms with Crippen LogP contribution >= 0.6 is 7.82 Å². The molecule has 0 heterocycles. The minimum Gasteiger partial charge on any atom is -0.457 e. The van der Waals surface area contributed by atoms with Gasteiger partial charge in [-0.15, -0.1) is 0 Å². The molecule has 0 aromatic carbocycles. The quantitative estimate of drug-likeness (QED) is 0.0147. The Hall–Kier alpha value is -1.70. The first kappa shape index (κ1) is 58.3. The van der Waals surface area contributed by atoms with Crippen molar-refractivity contribution in [3.05, 3.63) is 48.6 Å². The first-order valence-electron chi connectivity index (χ1n) is 24.5. The Morgan fingerprint density at radius 2 is 0.952 bits per heavy atom. The van der Waals surface area contributed by atoms with Crippen LogP contribution in [0.15, 0.2) is 48.6 Å². The lowest BCUT2D eigenvalue weighted by atomic mass is 9.85. The average Bonchev–Trinajstić information content (AvgIpc) is 3.26. The molecule has 0 radical (unpaired) electrons. The van der Waals surface area contributed by atoms with E-state index < -0.39 is 63.1 Å². The standard InChI is InChI=1S/C49H89O12P/c1-3-5-7-9-11-13-15-17-19-21-23-25-27-29-31-33-35-37-39-58-40-42(41-59-62(56,57)61-49-47(54)45(52)44(51)46(53)48(49)55)60-43(50)38-36-34-32-30-28-26-24-22-20-18-16-14-12-10-8-6-4-2/h6,8,12,14,17-20,42,44-49,51-55H,3-5,7,9-11,13,15-16,21-41H2,1-2H3,(H,56,57)/b8-6-,14-12-,19-17-,20-18-. The Bertz CT molecular complexity index is 1210. The summed E-state index contributed by atoms with van der Waals surface area (Å²) in [5.41, 5.74) is 0. The molecule has 1 aliphatic carbocycles. The number of phosphoric acid groups is 1. The number of rotatable bonds is 41. The number of carbonyl (C=O) groups excluding carboxylic acids is 1. The van der Waals surface area contributed by atoms with Crippen LogP contribution in [0.25, 0.3) is 0 Å². The summed E-state index contributed by atoms with van der Waals surface area (Å²) in [5.74, 6) is -0.488. The van der Waals surface area contributed by atoms with Crippen molar-refractivity contribution in [1.29, 1.82) is 0 Å². The molecule has 1 saturated carbocycles. The molecule has 0 aromatic heterocycles. The number of aliphatic hydroxyl groups is 5. The summed E-state index contributed by atoms with van der Waals surface area (Å²) in [4.78, 5) is 23.2. The number of esters is 1. The van der Waals surface area contributed by atoms with Gasteiger partial charge in [0, 0.05) is 13.0 Å². The van der Waals surface area contributed by atoms with Gasteiger partial charge in [-0.25, -0.2) is 4.57 Å². The molecule has 1 fully saturated rings. The lowest BCUT2D eigenvalue weighted by Gasteiger charge is -2.41. The van der Waals surface area contributed by atoms with E-state index in [9.17, 15) is 39.8 Å². The summed E-state index contributed by atoms with van der Waals surface area (Å²) in [6.45, 7) is 4.14. The van der Waals surface area contributed by atoms with Crippen molar-refractivity contribution >= 4 is 13.8 Å². The van der Waals surface area contributed by atoms with Crippen molar-refractivity contribution in [3.63, 3.8) is 0 Å². The van der Waals surface area contributed by atoms with E-state index in [0.29, 0.717) is 13.0 Å². The van der Waals surface area contributed by atoms with Gasteiger partial charge < -0.3 is 39.9 Å². The van der Waals surface area contributed by atoms with E-state index in [1.165, 1.54) is 89.9 Å². The van der Waals surface area contributed by atoms with E-state index in [2.05, 4.69) is 62.5 Å². The zero-order chi connectivity index (χ0) is 45.5. The Labute approximate surface area is 375 Å². The number of ether oxygens (including phenoxy) is 2. The smallest absolute Gasteiger partial charge is 0.457 e. The lowest BCUT2D eigenvalue weighted by Crippen LogP contribution is -2.64. The first-order valence-corrected chi connectivity index (χ1v) is 26.0. The molecule has 6 unspecified atom stereocenters. The van der Waals surface area contributed by atoms with Crippen LogP contribution in [-0.4, -0.2) is 98.9 Å². The van der Waals surface area contributed by atoms with Crippen LogP contribution in [0.1, 0.15) is 194 Å². The van der Waals surface area contributed by atoms with Crippen molar-refractivity contribution < 1.29 is 58.3 Å². The van der Waals surface area contributed by atoms with Crippen molar-refractivity contribution in [1.82, 2.24) is 0 Å². The third-order valence-corrected chi connectivity index (χ3v) is 12.2. The number of carbonyl (C=O) groups is 1. The van der Waals surface area contributed by atoms with Crippen LogP contribution in [0.5, 0.6) is 0 Å². The van der Waals surface area contributed by atoms with Gasteiger partial charge in [0.05, 0.1) is 13.2 Å². The second kappa shape index (κ2) is 39.6. The zero-order valence-electron chi connectivity index (χ0n) is 38.7. The highest BCUT2D eigenvalue weighted by Gasteiger charge is 2.51. The Morgan fingerprint density at radius 3 is 1.47 bits per heavy atom. The maximum absolute atomic E-state index is 12.8. The topological polar surface area (TPSA) is 192 Å². The van der Waals surface area contributed by atoms with Crippen molar-refractivity contribution in [2.24, 2.45) is 0 Å². The van der Waals surface area contributed by atoms with Crippen LogP contribution in [0.2, 0.25) is 0 Å². The van der Waals surface area contributed by atoms with Gasteiger partial charge in [-0.3, -0.25) is 13.8 Å². The molecular formula is C49H89O12P. The highest BCUT2D eigenvalue weighted by atomic mass is 31.2. The third-order valence-electron chi connectivity index (χ3n) is 11.2. The predicted molar refractivity (Wildman–Crippen MR) is 249 cm³/mol. The SMILES string of the molecule is CC/C=C\C/C=C\C/C=C\CCCCCCCCCC(=O)OC(COCCCCCCCCCC/C=C\CCCCCCCC)COP(=O)(O)OC1C(O)C(O)C(O)C(O)C1O. The molecule has 0 spiro atoms. The van der Waals surface area contributed by atoms with Gasteiger partial charge in [0.2, 0.25) is 0 Å². The molecule has 1 aliphatic rings. The summed E-state index contributed by atoms with van der Waals surface area (Å²) in [6, 6.07) is 0. The van der Waals surface area contributed by atoms with Gasteiger partial charge in [0.25, 0.3) is 0 Å². The highest BCUT2D eigenvalue weighted by Crippen LogP contribution is 2.47. The summed E-state index contributed by atoms with van der Waals surface area (Å²) < 4.78 is 34.2. The van der Waals surface area contributed by atoms with Gasteiger partial charge >= 0.3 is 13.8 Å². The summed E-state index contributed by atoms with van der Waals surface area (Å²) in [5, 5.41) is 50.2. The van der Waals surface area contributed by atoms with Crippen molar-refractivity contribution in [2.45, 2.75) is 236 Å². The number of phosphoric ester groups is 1. The first-order chi connectivity index (χ1) is 30.0. The third kappa shape index (κ3) is 31.2. The van der Waals surface area contributed by atoms with Crippen LogP contribution in [0, 0.1) is 0 Å². The van der Waals surface area contributed by atoms with E-state index in [1.807, 2.05) is 0 Å². The highest BCUT2D eigenvalue weighted by molar-refractivity contribution is 7.47. The van der Waals surface area contributed by atoms with E-state index in [-0.39, 0.29) is 13.0 Å². The van der Waals surface area contributed by atoms with E-state index in [4.69, 9.17) is 18.5 Å². The van der Waals surface area contributed by atoms with Crippen molar-refractivity contribution in [2.75, 3.05) is 19.8 Å². The van der Waals surface area contributed by atoms with E-state index >= 15 is 0 Å². The minimum atomic E-state index is -5.02. The molecule has 13 heteroatoms. The van der Waals surface area contributed by atoms with Crippen LogP contribution < -0.4 is 0 Å². The molecule has 0 bridgehead atoms. The summed E-state index contributed by atoms with van der Waals surface area (Å²) in [6.07, 6.45) is 36.0. The molecule has 0 aromatic rings. The van der Waals surface area contributed by atoms with Crippen LogP contribution in [-0.2, 0) is 27.9 Å². The van der Waals surface area contributed by atoms with Crippen LogP contribution in [0.4, 0.5) is 0 Å². The zero-order valence-corrected chi connectivity index (χ0v) is 39.6. The molecule has 6 atom stereocenters. The second-order valence-electron chi connectivity index (χ2n) is 16.9. The maximum Gasteiger partial charge on any atom is 0.472 e. The van der Waals surface area contributed by atoms with Gasteiger partial charge in [0.15, 0.2) is 0 Å². The fourth-order valence-corrected chi connectivity index (χ4v) is 8.28. The normalized spacial score (nSPS) is 22.4. The molecule has 62 heavy (non-hydrogen) atoms. The lowest BCUT2D eigenvalue weighted by molar-refractivity contribution is -0.220. The number of unbranched alkanes of at least 4 members (excludes halogenated alkanes) is 21. The number of allylic oxidation sites excluding steroid dienone is 8. The molecule has 6 N–H and O–H groups in total. The second-order valence-corrected chi connectivity index (χ2v) is 18.3. The van der Waals surface area contributed by atoms with Gasteiger partial charge in [-0.2, -0.15) is 0 Å². The van der Waals surface area contributed by atoms with E-state index in [1.54, 1.807) is 0 Å². The monoisotopic (exact) mass is 901 g/mol. The fraction of sp³-hybridized carbons (Fsp3) is 0.816. The largest absolute Gasteiger partial charge is 0.472 e. The molecule has 12 nitrogen and oxygen atoms in total. The van der Waals surface area contributed by atoms with Crippen molar-refractivity contribution in [3.8, 4) is 0 Å². The number of hydrogen-bond acceptors (Lipinski definition) is 11. The molecule has 362 valence electrons. The Kier molecular flexibility index (Phi) is 37.3. The fourth-order valence-electron chi connectivity index (χ4n) is 7.31. The minimum absolute atomic E-state index is 0.0834. The molecule has 0 saturated heterocycles. The molecule has 0 amide bonds. The molecule has 1 rings (SSSR count). The van der Waals surface area contributed by atoms with Gasteiger partial charge in [-0.05, 0) is 70.6 Å². The number of hydrogen-bond donors (Lipinski definition) is 6. The molecular weight excluding hydrogens is 812 g/mol. The Morgan fingerprint density at radius 1 is 0.532 bits per heavy atom. The predicted octanol–water partition coefficient (Wildman–Crippen LogP) is 10.4. The molecule has 0 aliphatic heterocycles. The summed E-state index contributed by atoms with van der Waals surface area (Å²) in [7, 11) is -5.02. The summed E-state index contributed by atoms with van der Waals surface area (Å²) >= 11 is 0. The van der Waals surface area contributed by atoms with Gasteiger partial charge in [-0.1, -0.05) is 165 Å². The van der Waals surface area contributed by atoms with E-state index in [0.717, 1.165) is 77.0 Å². The van der Waals surface area contributed by atoms with Gasteiger partial charge in [0.1, 0.15) is 42.7 Å². The number of aliphatic hydroxyl groups excluding tert-OH is 5. The Balaban J connectivity index is 2.37. The average molecular weight is 901 g/mol. The van der Waals surface area contributed by atoms with Crippen LogP contribution in [0.3, 0.4) is 0 Å². The maximum atomic E-state index is 12.8.